The highest BCUT2D eigenvalue weighted by molar-refractivity contribution is 4.55. The van der Waals surface area contributed by atoms with Gasteiger partial charge in [0, 0.05) is 6.61 Å². The van der Waals surface area contributed by atoms with Gasteiger partial charge in [-0.05, 0) is 6.42 Å². The van der Waals surface area contributed by atoms with Crippen molar-refractivity contribution in [3.63, 3.8) is 0 Å². The van der Waals surface area contributed by atoms with Crippen molar-refractivity contribution in [1.29, 1.82) is 0 Å². The van der Waals surface area contributed by atoms with E-state index in [0.717, 1.165) is 13.0 Å². The van der Waals surface area contributed by atoms with Crippen LogP contribution in [0.4, 0.5) is 0 Å². The van der Waals surface area contributed by atoms with Crippen molar-refractivity contribution >= 4 is 0 Å². The maximum absolute atomic E-state index is 8.53. The molecule has 0 aliphatic heterocycles. The number of unbranched alkanes of at least 4 members (excludes halogenated alkanes) is 2. The van der Waals surface area contributed by atoms with E-state index in [2.05, 4.69) is 6.92 Å². The third kappa shape index (κ3) is 7.78. The lowest BCUT2D eigenvalue weighted by Gasteiger charge is -2.08. The van der Waals surface area contributed by atoms with Gasteiger partial charge in [0.15, 0.2) is 0 Å². The minimum absolute atomic E-state index is 0.00772. The second-order valence-electron chi connectivity index (χ2n) is 2.72. The second-order valence-corrected chi connectivity index (χ2v) is 2.72. The summed E-state index contributed by atoms with van der Waals surface area (Å²) >= 11 is 0. The Kier molecular flexibility index (Phi) is 7.89. The van der Waals surface area contributed by atoms with Gasteiger partial charge in [-0.3, -0.25) is 0 Å². The SMILES string of the molecule is CCCCCOCC(N)CO. The van der Waals surface area contributed by atoms with Gasteiger partial charge in [-0.25, -0.2) is 0 Å². The van der Waals surface area contributed by atoms with E-state index in [0.29, 0.717) is 6.61 Å². The van der Waals surface area contributed by atoms with Crippen molar-refractivity contribution < 1.29 is 9.84 Å². The van der Waals surface area contributed by atoms with E-state index < -0.39 is 0 Å². The number of ether oxygens (including phenoxy) is 1. The minimum Gasteiger partial charge on any atom is -0.395 e. The molecule has 0 aliphatic carbocycles. The Hall–Kier alpha value is -0.120. The molecule has 3 nitrogen and oxygen atoms in total. The van der Waals surface area contributed by atoms with Crippen LogP contribution in [-0.4, -0.2) is 31.0 Å². The number of hydrogen-bond acceptors (Lipinski definition) is 3. The van der Waals surface area contributed by atoms with Gasteiger partial charge >= 0.3 is 0 Å². The molecule has 0 bridgehead atoms. The van der Waals surface area contributed by atoms with Gasteiger partial charge in [0.05, 0.1) is 19.3 Å². The van der Waals surface area contributed by atoms with Crippen LogP contribution in [0.15, 0.2) is 0 Å². The lowest BCUT2D eigenvalue weighted by Crippen LogP contribution is -2.30. The molecule has 1 atom stereocenters. The summed E-state index contributed by atoms with van der Waals surface area (Å²) in [6.07, 6.45) is 3.50. The van der Waals surface area contributed by atoms with E-state index >= 15 is 0 Å². The molecule has 0 aromatic carbocycles. The van der Waals surface area contributed by atoms with Gasteiger partial charge in [-0.1, -0.05) is 19.8 Å². The predicted molar refractivity (Wildman–Crippen MR) is 45.4 cm³/mol. The summed E-state index contributed by atoms with van der Waals surface area (Å²) in [5.74, 6) is 0. The first-order chi connectivity index (χ1) is 5.31. The van der Waals surface area contributed by atoms with Crippen molar-refractivity contribution in [2.45, 2.75) is 32.2 Å². The molecular formula is C8H19NO2. The van der Waals surface area contributed by atoms with Crippen LogP contribution in [0.3, 0.4) is 0 Å². The van der Waals surface area contributed by atoms with E-state index in [1.165, 1.54) is 12.8 Å². The van der Waals surface area contributed by atoms with Crippen molar-refractivity contribution in [2.75, 3.05) is 19.8 Å². The molecule has 0 spiro atoms. The quantitative estimate of drug-likeness (QED) is 0.535. The highest BCUT2D eigenvalue weighted by atomic mass is 16.5. The summed E-state index contributed by atoms with van der Waals surface area (Å²) in [5.41, 5.74) is 5.41. The fourth-order valence-electron chi connectivity index (χ4n) is 0.742. The van der Waals surface area contributed by atoms with Crippen molar-refractivity contribution in [1.82, 2.24) is 0 Å². The van der Waals surface area contributed by atoms with Crippen LogP contribution in [0, 0.1) is 0 Å². The van der Waals surface area contributed by atoms with Crippen LogP contribution < -0.4 is 5.73 Å². The van der Waals surface area contributed by atoms with Crippen LogP contribution in [0.2, 0.25) is 0 Å². The minimum atomic E-state index is -0.211. The van der Waals surface area contributed by atoms with Gasteiger partial charge in [-0.2, -0.15) is 0 Å². The molecule has 0 rings (SSSR count). The van der Waals surface area contributed by atoms with E-state index in [-0.39, 0.29) is 12.6 Å². The molecule has 0 saturated carbocycles. The summed E-state index contributed by atoms with van der Waals surface area (Å²) in [6.45, 7) is 3.40. The Bertz CT molecular complexity index is 78.5. The number of aliphatic hydroxyl groups excluding tert-OH is 1. The molecule has 1 unspecified atom stereocenters. The smallest absolute Gasteiger partial charge is 0.0639 e. The Morgan fingerprint density at radius 1 is 1.45 bits per heavy atom. The largest absolute Gasteiger partial charge is 0.395 e. The van der Waals surface area contributed by atoms with E-state index in [1.54, 1.807) is 0 Å². The number of hydrogen-bond donors (Lipinski definition) is 2. The topological polar surface area (TPSA) is 55.5 Å². The molecular weight excluding hydrogens is 142 g/mol. The predicted octanol–water partition coefficient (Wildman–Crippen LogP) is 0.513. The fraction of sp³-hybridized carbons (Fsp3) is 1.00. The van der Waals surface area contributed by atoms with E-state index in [1.807, 2.05) is 0 Å². The van der Waals surface area contributed by atoms with Crippen LogP contribution in [0.25, 0.3) is 0 Å². The van der Waals surface area contributed by atoms with Crippen LogP contribution in [0.1, 0.15) is 26.2 Å². The van der Waals surface area contributed by atoms with Gasteiger partial charge in [0.25, 0.3) is 0 Å². The van der Waals surface area contributed by atoms with Crippen LogP contribution in [0.5, 0.6) is 0 Å². The lowest BCUT2D eigenvalue weighted by molar-refractivity contribution is 0.0983. The zero-order valence-electron chi connectivity index (χ0n) is 7.25. The number of nitrogens with two attached hydrogens (primary N) is 1. The first-order valence-electron chi connectivity index (χ1n) is 4.25. The molecule has 11 heavy (non-hydrogen) atoms. The monoisotopic (exact) mass is 161 g/mol. The normalized spacial score (nSPS) is 13.4. The van der Waals surface area contributed by atoms with Crippen LogP contribution in [-0.2, 0) is 4.74 Å². The summed E-state index contributed by atoms with van der Waals surface area (Å²) in [7, 11) is 0. The molecule has 0 aromatic rings. The second kappa shape index (κ2) is 7.98. The summed E-state index contributed by atoms with van der Waals surface area (Å²) in [6, 6.07) is -0.211. The Morgan fingerprint density at radius 3 is 2.73 bits per heavy atom. The molecule has 0 saturated heterocycles. The average molecular weight is 161 g/mol. The summed E-state index contributed by atoms with van der Waals surface area (Å²) < 4.78 is 5.20. The first-order valence-corrected chi connectivity index (χ1v) is 4.25. The molecule has 0 aliphatic rings. The highest BCUT2D eigenvalue weighted by Gasteiger charge is 1.98. The molecule has 0 radical (unpaired) electrons. The molecule has 0 fully saturated rings. The zero-order chi connectivity index (χ0) is 8.53. The number of aliphatic hydroxyl groups is 1. The standard InChI is InChI=1S/C8H19NO2/c1-2-3-4-5-11-7-8(9)6-10/h8,10H,2-7,9H2,1H3. The fourth-order valence-corrected chi connectivity index (χ4v) is 0.742. The molecule has 0 aromatic heterocycles. The molecule has 3 heteroatoms. The number of rotatable bonds is 7. The molecule has 0 amide bonds. The third-order valence-electron chi connectivity index (χ3n) is 1.46. The van der Waals surface area contributed by atoms with Gasteiger partial charge in [0.1, 0.15) is 0 Å². The Labute approximate surface area is 68.5 Å². The van der Waals surface area contributed by atoms with E-state index in [4.69, 9.17) is 15.6 Å². The van der Waals surface area contributed by atoms with E-state index in [9.17, 15) is 0 Å². The van der Waals surface area contributed by atoms with Crippen LogP contribution >= 0.6 is 0 Å². The Balaban J connectivity index is 2.89. The maximum atomic E-state index is 8.53. The van der Waals surface area contributed by atoms with Gasteiger partial charge in [-0.15, -0.1) is 0 Å². The average Bonchev–Trinajstić information content (AvgIpc) is 2.04. The van der Waals surface area contributed by atoms with Crippen molar-refractivity contribution in [3.8, 4) is 0 Å². The zero-order valence-corrected chi connectivity index (χ0v) is 7.25. The lowest BCUT2D eigenvalue weighted by atomic mass is 10.3. The molecule has 68 valence electrons. The summed E-state index contributed by atoms with van der Waals surface area (Å²) in [4.78, 5) is 0. The Morgan fingerprint density at radius 2 is 2.18 bits per heavy atom. The maximum Gasteiger partial charge on any atom is 0.0639 e. The molecule has 3 N–H and O–H groups in total. The van der Waals surface area contributed by atoms with Gasteiger partial charge < -0.3 is 15.6 Å². The molecule has 0 heterocycles. The third-order valence-corrected chi connectivity index (χ3v) is 1.46. The van der Waals surface area contributed by atoms with Crippen molar-refractivity contribution in [2.24, 2.45) is 5.73 Å². The summed E-state index contributed by atoms with van der Waals surface area (Å²) in [5, 5.41) is 8.53. The van der Waals surface area contributed by atoms with Crippen molar-refractivity contribution in [3.05, 3.63) is 0 Å². The highest BCUT2D eigenvalue weighted by Crippen LogP contribution is 1.94. The first kappa shape index (κ1) is 10.9. The van der Waals surface area contributed by atoms with Gasteiger partial charge in [0.2, 0.25) is 0 Å².